The lowest BCUT2D eigenvalue weighted by Crippen LogP contribution is -2.22. The Labute approximate surface area is 213 Å². The van der Waals surface area contributed by atoms with Gasteiger partial charge in [-0.1, -0.05) is 48.5 Å². The van der Waals surface area contributed by atoms with E-state index in [0.29, 0.717) is 0 Å². The molecule has 3 aromatic carbocycles. The maximum absolute atomic E-state index is 5.28. The predicted octanol–water partition coefficient (Wildman–Crippen LogP) is 7.11. The Morgan fingerprint density at radius 1 is 0.889 bits per heavy atom. The van der Waals surface area contributed by atoms with Gasteiger partial charge in [0.25, 0.3) is 0 Å². The summed E-state index contributed by atoms with van der Waals surface area (Å²) in [6.07, 6.45) is 5.03. The fraction of sp³-hybridized carbons (Fsp3) is 0.226. The van der Waals surface area contributed by atoms with Gasteiger partial charge >= 0.3 is 0 Å². The minimum Gasteiger partial charge on any atom is -0.497 e. The van der Waals surface area contributed by atoms with Crippen molar-refractivity contribution >= 4 is 34.2 Å². The van der Waals surface area contributed by atoms with Crippen LogP contribution in [0.5, 0.6) is 5.75 Å². The summed E-state index contributed by atoms with van der Waals surface area (Å²) in [6, 6.07) is 29.5. The number of rotatable bonds is 8. The summed E-state index contributed by atoms with van der Waals surface area (Å²) < 4.78 is 5.28. The highest BCUT2D eigenvalue weighted by Crippen LogP contribution is 2.36. The first kappa shape index (κ1) is 23.6. The SMILES string of the molecule is CCN(CC)c1ccc(C2CC(C=Cc3ccc(OC)cc3)=NN2c2ccc3ccccc3n2)cc1. The summed E-state index contributed by atoms with van der Waals surface area (Å²) in [6.45, 7) is 6.37. The Balaban J connectivity index is 1.47. The van der Waals surface area contributed by atoms with Crippen molar-refractivity contribution in [3.05, 3.63) is 102 Å². The molecule has 1 aliphatic rings. The first-order valence-corrected chi connectivity index (χ1v) is 12.6. The van der Waals surface area contributed by atoms with E-state index >= 15 is 0 Å². The van der Waals surface area contributed by atoms with Gasteiger partial charge in [0.1, 0.15) is 11.6 Å². The van der Waals surface area contributed by atoms with Crippen LogP contribution in [-0.2, 0) is 0 Å². The molecule has 0 amide bonds. The topological polar surface area (TPSA) is 41.0 Å². The molecule has 0 spiro atoms. The van der Waals surface area contributed by atoms with Crippen molar-refractivity contribution in [1.82, 2.24) is 4.98 Å². The fourth-order valence-corrected chi connectivity index (χ4v) is 4.69. The number of para-hydroxylation sites is 1. The molecule has 0 saturated carbocycles. The van der Waals surface area contributed by atoms with Gasteiger partial charge in [0.05, 0.1) is 24.4 Å². The van der Waals surface area contributed by atoms with Crippen molar-refractivity contribution < 1.29 is 4.74 Å². The third-order valence-corrected chi connectivity index (χ3v) is 6.74. The van der Waals surface area contributed by atoms with Gasteiger partial charge in [-0.2, -0.15) is 5.10 Å². The molecule has 0 N–H and O–H groups in total. The van der Waals surface area contributed by atoms with Crippen LogP contribution in [0.2, 0.25) is 0 Å². The second-order valence-corrected chi connectivity index (χ2v) is 8.89. The van der Waals surface area contributed by atoms with E-state index in [1.165, 1.54) is 11.3 Å². The average molecular weight is 477 g/mol. The lowest BCUT2D eigenvalue weighted by atomic mass is 10.0. The highest BCUT2D eigenvalue weighted by Gasteiger charge is 2.29. The number of pyridine rings is 1. The molecule has 4 aromatic rings. The van der Waals surface area contributed by atoms with Crippen molar-refractivity contribution in [1.29, 1.82) is 0 Å². The number of methoxy groups -OCH3 is 1. The van der Waals surface area contributed by atoms with Crippen molar-refractivity contribution in [2.45, 2.75) is 26.3 Å². The van der Waals surface area contributed by atoms with E-state index in [9.17, 15) is 0 Å². The van der Waals surface area contributed by atoms with E-state index in [2.05, 4.69) is 96.6 Å². The molecule has 1 atom stereocenters. The van der Waals surface area contributed by atoms with Crippen LogP contribution < -0.4 is 14.6 Å². The molecule has 0 radical (unpaired) electrons. The first-order chi connectivity index (χ1) is 17.7. The third-order valence-electron chi connectivity index (χ3n) is 6.74. The van der Waals surface area contributed by atoms with E-state index < -0.39 is 0 Å². The quantitative estimate of drug-likeness (QED) is 0.272. The lowest BCUT2D eigenvalue weighted by Gasteiger charge is -2.25. The van der Waals surface area contributed by atoms with Gasteiger partial charge in [-0.25, -0.2) is 9.99 Å². The van der Waals surface area contributed by atoms with Crippen molar-refractivity contribution in [2.24, 2.45) is 5.10 Å². The van der Waals surface area contributed by atoms with Crippen molar-refractivity contribution in [3.8, 4) is 5.75 Å². The van der Waals surface area contributed by atoms with Crippen LogP contribution in [0.4, 0.5) is 11.5 Å². The van der Waals surface area contributed by atoms with E-state index in [4.69, 9.17) is 14.8 Å². The van der Waals surface area contributed by atoms with E-state index in [1.807, 2.05) is 24.3 Å². The number of ether oxygens (including phenoxy) is 1. The van der Waals surface area contributed by atoms with Gasteiger partial charge < -0.3 is 9.64 Å². The van der Waals surface area contributed by atoms with Gasteiger partial charge in [-0.3, -0.25) is 0 Å². The maximum Gasteiger partial charge on any atom is 0.150 e. The number of fused-ring (bicyclic) bond motifs is 1. The number of aromatic nitrogens is 1. The highest BCUT2D eigenvalue weighted by molar-refractivity contribution is 6.01. The number of anilines is 2. The van der Waals surface area contributed by atoms with Crippen LogP contribution in [0.1, 0.15) is 37.4 Å². The minimum absolute atomic E-state index is 0.0833. The Hall–Kier alpha value is -4.12. The van der Waals surface area contributed by atoms with Gasteiger partial charge in [0.2, 0.25) is 0 Å². The van der Waals surface area contributed by atoms with Crippen LogP contribution in [0.25, 0.3) is 17.0 Å². The standard InChI is InChI=1S/C31H32N4O/c1-4-34(5-2)27-17-13-25(14-18-27)30-22-26(16-10-23-11-19-28(36-3)20-12-23)33-35(30)31-21-15-24-8-6-7-9-29(24)32-31/h6-21,30H,4-5,22H2,1-3H3. The van der Waals surface area contributed by atoms with Crippen LogP contribution in [0.15, 0.2) is 96.1 Å². The van der Waals surface area contributed by atoms with Gasteiger partial charge in [-0.05, 0) is 73.5 Å². The van der Waals surface area contributed by atoms with Crippen LogP contribution in [0, 0.1) is 0 Å². The number of allylic oxidation sites excluding steroid dienone is 1. The van der Waals surface area contributed by atoms with Gasteiger partial charge in [-0.15, -0.1) is 0 Å². The molecule has 5 rings (SSSR count). The van der Waals surface area contributed by atoms with Crippen LogP contribution >= 0.6 is 0 Å². The van der Waals surface area contributed by atoms with Gasteiger partial charge in [0, 0.05) is 30.6 Å². The molecule has 2 heterocycles. The molecule has 36 heavy (non-hydrogen) atoms. The fourth-order valence-electron chi connectivity index (χ4n) is 4.69. The summed E-state index contributed by atoms with van der Waals surface area (Å²) >= 11 is 0. The molecule has 182 valence electrons. The number of hydrogen-bond donors (Lipinski definition) is 0. The second-order valence-electron chi connectivity index (χ2n) is 8.89. The lowest BCUT2D eigenvalue weighted by molar-refractivity contribution is 0.415. The molecule has 1 unspecified atom stereocenters. The van der Waals surface area contributed by atoms with Gasteiger partial charge in [0.15, 0.2) is 0 Å². The number of hydrogen-bond acceptors (Lipinski definition) is 5. The maximum atomic E-state index is 5.28. The Bertz CT molecular complexity index is 1370. The summed E-state index contributed by atoms with van der Waals surface area (Å²) in [4.78, 5) is 7.31. The monoisotopic (exact) mass is 476 g/mol. The average Bonchev–Trinajstić information content (AvgIpc) is 3.37. The number of hydrazone groups is 1. The normalized spacial score (nSPS) is 15.5. The molecule has 0 aliphatic carbocycles. The van der Waals surface area contributed by atoms with Crippen molar-refractivity contribution in [3.63, 3.8) is 0 Å². The largest absolute Gasteiger partial charge is 0.497 e. The third kappa shape index (κ3) is 4.96. The zero-order valence-electron chi connectivity index (χ0n) is 21.1. The first-order valence-electron chi connectivity index (χ1n) is 12.6. The predicted molar refractivity (Wildman–Crippen MR) is 151 cm³/mol. The smallest absolute Gasteiger partial charge is 0.150 e. The van der Waals surface area contributed by atoms with Crippen LogP contribution in [-0.4, -0.2) is 30.9 Å². The number of benzene rings is 3. The molecule has 5 nitrogen and oxygen atoms in total. The van der Waals surface area contributed by atoms with Crippen molar-refractivity contribution in [2.75, 3.05) is 30.1 Å². The van der Waals surface area contributed by atoms with E-state index in [0.717, 1.165) is 53.3 Å². The molecule has 5 heteroatoms. The summed E-state index contributed by atoms with van der Waals surface area (Å²) in [5, 5.41) is 8.23. The summed E-state index contributed by atoms with van der Waals surface area (Å²) in [5.41, 5.74) is 5.60. The minimum atomic E-state index is 0.0833. The van der Waals surface area contributed by atoms with E-state index in [-0.39, 0.29) is 6.04 Å². The molecule has 0 fully saturated rings. The zero-order chi connectivity index (χ0) is 24.9. The summed E-state index contributed by atoms with van der Waals surface area (Å²) in [7, 11) is 1.68. The van der Waals surface area contributed by atoms with E-state index in [1.54, 1.807) is 7.11 Å². The highest BCUT2D eigenvalue weighted by atomic mass is 16.5. The molecular weight excluding hydrogens is 444 g/mol. The Morgan fingerprint density at radius 2 is 1.64 bits per heavy atom. The molecule has 1 aromatic heterocycles. The molecule has 1 aliphatic heterocycles. The molecule has 0 saturated heterocycles. The van der Waals surface area contributed by atoms with Crippen LogP contribution in [0.3, 0.4) is 0 Å². The molecule has 0 bridgehead atoms. The Morgan fingerprint density at radius 3 is 2.36 bits per heavy atom. The second kappa shape index (κ2) is 10.6. The molecular formula is C31H32N4O. The Kier molecular flexibility index (Phi) is 6.99. The number of nitrogens with zero attached hydrogens (tertiary/aromatic N) is 4. The summed E-state index contributed by atoms with van der Waals surface area (Å²) in [5.74, 6) is 1.71. The zero-order valence-corrected chi connectivity index (χ0v) is 21.1.